The molecule has 3 aromatic carbocycles. The third-order valence-corrected chi connectivity index (χ3v) is 4.73. The second-order valence-corrected chi connectivity index (χ2v) is 6.70. The van der Waals surface area contributed by atoms with Crippen molar-refractivity contribution < 1.29 is 10.0 Å². The van der Waals surface area contributed by atoms with Gasteiger partial charge in [-0.05, 0) is 23.1 Å². The highest BCUT2D eigenvalue weighted by Crippen LogP contribution is 2.30. The van der Waals surface area contributed by atoms with Gasteiger partial charge in [-0.25, -0.2) is 0 Å². The lowest BCUT2D eigenvalue weighted by Crippen LogP contribution is -2.30. The smallest absolute Gasteiger partial charge is 0.269 e. The van der Waals surface area contributed by atoms with Crippen LogP contribution < -0.4 is 0 Å². The van der Waals surface area contributed by atoms with Crippen molar-refractivity contribution in [2.45, 2.75) is 19.0 Å². The molecule has 144 valence electrons. The van der Waals surface area contributed by atoms with E-state index in [2.05, 4.69) is 29.2 Å². The van der Waals surface area contributed by atoms with E-state index in [0.717, 1.165) is 5.56 Å². The van der Waals surface area contributed by atoms with Gasteiger partial charge in [0.15, 0.2) is 0 Å². The van der Waals surface area contributed by atoms with Gasteiger partial charge in [-0.3, -0.25) is 15.0 Å². The molecule has 0 aliphatic heterocycles. The molecule has 0 unspecified atom stereocenters. The first-order chi connectivity index (χ1) is 13.7. The molecule has 0 aliphatic rings. The normalized spacial score (nSPS) is 11.1. The van der Waals surface area contributed by atoms with Crippen LogP contribution in [0.25, 0.3) is 0 Å². The third kappa shape index (κ3) is 5.03. The van der Waals surface area contributed by atoms with Gasteiger partial charge < -0.3 is 5.11 Å². The molecule has 3 rings (SSSR count). The Labute approximate surface area is 165 Å². The van der Waals surface area contributed by atoms with Crippen molar-refractivity contribution in [3.8, 4) is 0 Å². The Morgan fingerprint density at radius 1 is 0.857 bits per heavy atom. The summed E-state index contributed by atoms with van der Waals surface area (Å²) < 4.78 is 0. The van der Waals surface area contributed by atoms with E-state index in [0.29, 0.717) is 19.5 Å². The summed E-state index contributed by atoms with van der Waals surface area (Å²) in [6.45, 7) is 1.46. The first-order valence-electron chi connectivity index (χ1n) is 9.37. The van der Waals surface area contributed by atoms with Gasteiger partial charge >= 0.3 is 0 Å². The number of benzene rings is 3. The van der Waals surface area contributed by atoms with Gasteiger partial charge in [0.2, 0.25) is 0 Å². The molecule has 28 heavy (non-hydrogen) atoms. The zero-order valence-corrected chi connectivity index (χ0v) is 15.6. The minimum absolute atomic E-state index is 0.0316. The number of nitro benzene ring substituents is 1. The summed E-state index contributed by atoms with van der Waals surface area (Å²) >= 11 is 0. The van der Waals surface area contributed by atoms with E-state index in [-0.39, 0.29) is 23.3 Å². The van der Waals surface area contributed by atoms with Gasteiger partial charge in [-0.15, -0.1) is 0 Å². The Morgan fingerprint density at radius 2 is 1.39 bits per heavy atom. The fourth-order valence-electron chi connectivity index (χ4n) is 3.42. The molecule has 0 amide bonds. The van der Waals surface area contributed by atoms with Crippen LogP contribution in [0, 0.1) is 10.1 Å². The number of nitrogens with zero attached hydrogens (tertiary/aromatic N) is 2. The molecule has 3 aromatic rings. The zero-order chi connectivity index (χ0) is 19.8. The van der Waals surface area contributed by atoms with Crippen LogP contribution in [0.15, 0.2) is 84.9 Å². The molecule has 0 saturated heterocycles. The summed E-state index contributed by atoms with van der Waals surface area (Å²) in [5, 5.41) is 20.3. The SMILES string of the molecule is O=[N+]([O-])c1ccc(CN(CCCO)C(c2ccccc2)c2ccccc2)cc1. The Balaban J connectivity index is 1.94. The Bertz CT molecular complexity index is 828. The minimum Gasteiger partial charge on any atom is -0.396 e. The minimum atomic E-state index is -0.385. The van der Waals surface area contributed by atoms with Crippen LogP contribution in [-0.2, 0) is 6.54 Å². The topological polar surface area (TPSA) is 66.6 Å². The lowest BCUT2D eigenvalue weighted by Gasteiger charge is -2.32. The monoisotopic (exact) mass is 376 g/mol. The number of hydrogen-bond acceptors (Lipinski definition) is 4. The zero-order valence-electron chi connectivity index (χ0n) is 15.6. The summed E-state index contributed by atoms with van der Waals surface area (Å²) in [5.41, 5.74) is 3.44. The molecule has 0 fully saturated rings. The molecule has 5 heteroatoms. The largest absolute Gasteiger partial charge is 0.396 e. The molecule has 0 bridgehead atoms. The van der Waals surface area contributed by atoms with Gasteiger partial charge in [-0.2, -0.15) is 0 Å². The van der Waals surface area contributed by atoms with Gasteiger partial charge in [-0.1, -0.05) is 72.8 Å². The average Bonchev–Trinajstić information content (AvgIpc) is 2.74. The predicted molar refractivity (Wildman–Crippen MR) is 110 cm³/mol. The van der Waals surface area contributed by atoms with Crippen molar-refractivity contribution in [1.29, 1.82) is 0 Å². The van der Waals surface area contributed by atoms with E-state index in [1.54, 1.807) is 24.3 Å². The van der Waals surface area contributed by atoms with Crippen molar-refractivity contribution in [3.05, 3.63) is 112 Å². The summed E-state index contributed by atoms with van der Waals surface area (Å²) in [6.07, 6.45) is 0.656. The number of aliphatic hydroxyl groups excluding tert-OH is 1. The summed E-state index contributed by atoms with van der Waals surface area (Å²) in [7, 11) is 0. The Hall–Kier alpha value is -3.02. The van der Waals surface area contributed by atoms with E-state index in [1.807, 2.05) is 36.4 Å². The van der Waals surface area contributed by atoms with E-state index in [4.69, 9.17) is 0 Å². The average molecular weight is 376 g/mol. The standard InChI is InChI=1S/C23H24N2O3/c26-17-7-16-24(18-19-12-14-22(15-13-19)25(27)28)23(20-8-3-1-4-9-20)21-10-5-2-6-11-21/h1-6,8-15,23,26H,7,16-18H2. The maximum Gasteiger partial charge on any atom is 0.269 e. The molecule has 0 spiro atoms. The quantitative estimate of drug-likeness (QED) is 0.439. The Morgan fingerprint density at radius 3 is 1.86 bits per heavy atom. The third-order valence-electron chi connectivity index (χ3n) is 4.73. The number of rotatable bonds is 9. The van der Waals surface area contributed by atoms with Gasteiger partial charge in [0, 0.05) is 31.8 Å². The van der Waals surface area contributed by atoms with Crippen LogP contribution >= 0.6 is 0 Å². The van der Waals surface area contributed by atoms with Gasteiger partial charge in [0.25, 0.3) is 5.69 Å². The second-order valence-electron chi connectivity index (χ2n) is 6.70. The molecule has 5 nitrogen and oxygen atoms in total. The number of nitro groups is 1. The Kier molecular flexibility index (Phi) is 6.89. The molecule has 0 aliphatic carbocycles. The van der Waals surface area contributed by atoms with E-state index in [1.165, 1.54) is 11.1 Å². The molecule has 0 atom stereocenters. The number of aliphatic hydroxyl groups is 1. The summed E-state index contributed by atoms with van der Waals surface area (Å²) in [6, 6.07) is 27.3. The van der Waals surface area contributed by atoms with Crippen LogP contribution in [0.2, 0.25) is 0 Å². The molecule has 1 N–H and O–H groups in total. The van der Waals surface area contributed by atoms with Crippen LogP contribution in [-0.4, -0.2) is 28.1 Å². The molecule has 0 radical (unpaired) electrons. The van der Waals surface area contributed by atoms with Crippen LogP contribution in [0.4, 0.5) is 5.69 Å². The first kappa shape index (κ1) is 19.7. The number of non-ortho nitro benzene ring substituents is 1. The lowest BCUT2D eigenvalue weighted by molar-refractivity contribution is -0.384. The van der Waals surface area contributed by atoms with Crippen LogP contribution in [0.3, 0.4) is 0 Å². The molecule has 0 aromatic heterocycles. The van der Waals surface area contributed by atoms with Crippen molar-refractivity contribution >= 4 is 5.69 Å². The van der Waals surface area contributed by atoms with E-state index >= 15 is 0 Å². The first-order valence-corrected chi connectivity index (χ1v) is 9.37. The predicted octanol–water partition coefficient (Wildman–Crippen LogP) is 4.57. The van der Waals surface area contributed by atoms with Gasteiger partial charge in [0.05, 0.1) is 11.0 Å². The highest BCUT2D eigenvalue weighted by Gasteiger charge is 2.22. The van der Waals surface area contributed by atoms with Crippen molar-refractivity contribution in [3.63, 3.8) is 0 Å². The highest BCUT2D eigenvalue weighted by molar-refractivity contribution is 5.34. The van der Waals surface area contributed by atoms with Crippen LogP contribution in [0.1, 0.15) is 29.2 Å². The maximum atomic E-state index is 10.9. The number of hydrogen-bond donors (Lipinski definition) is 1. The van der Waals surface area contributed by atoms with Crippen molar-refractivity contribution in [2.75, 3.05) is 13.2 Å². The van der Waals surface area contributed by atoms with E-state index < -0.39 is 0 Å². The van der Waals surface area contributed by atoms with Crippen LogP contribution in [0.5, 0.6) is 0 Å². The molecule has 0 saturated carbocycles. The summed E-state index contributed by atoms with van der Waals surface area (Å²) in [4.78, 5) is 12.8. The van der Waals surface area contributed by atoms with Crippen molar-refractivity contribution in [1.82, 2.24) is 4.90 Å². The fraction of sp³-hybridized carbons (Fsp3) is 0.217. The second kappa shape index (κ2) is 9.78. The molecule has 0 heterocycles. The molecular weight excluding hydrogens is 352 g/mol. The summed E-state index contributed by atoms with van der Waals surface area (Å²) in [5.74, 6) is 0. The van der Waals surface area contributed by atoms with Gasteiger partial charge in [0.1, 0.15) is 0 Å². The lowest BCUT2D eigenvalue weighted by atomic mass is 9.96. The highest BCUT2D eigenvalue weighted by atomic mass is 16.6. The van der Waals surface area contributed by atoms with Crippen molar-refractivity contribution in [2.24, 2.45) is 0 Å². The fourth-order valence-corrected chi connectivity index (χ4v) is 3.42. The molecular formula is C23H24N2O3. The van der Waals surface area contributed by atoms with E-state index in [9.17, 15) is 15.2 Å². The maximum absolute atomic E-state index is 10.9.